The van der Waals surface area contributed by atoms with E-state index in [9.17, 15) is 5.11 Å². The number of phenols is 1. The Morgan fingerprint density at radius 3 is 2.70 bits per heavy atom. The van der Waals surface area contributed by atoms with Gasteiger partial charge in [-0.2, -0.15) is 0 Å². The Balaban J connectivity index is 0.00000210. The monoisotopic (exact) mass is 385 g/mol. The summed E-state index contributed by atoms with van der Waals surface area (Å²) < 4.78 is 0. The van der Waals surface area contributed by atoms with Crippen LogP contribution in [0.5, 0.6) is 5.75 Å². The second-order valence-electron chi connectivity index (χ2n) is 8.44. The summed E-state index contributed by atoms with van der Waals surface area (Å²) in [6.07, 6.45) is 7.58. The van der Waals surface area contributed by atoms with E-state index < -0.39 is 0 Å². The lowest BCUT2D eigenvalue weighted by Gasteiger charge is -2.54. The molecule has 1 N–H and O–H groups in total. The van der Waals surface area contributed by atoms with Crippen LogP contribution in [0.3, 0.4) is 0 Å². The smallest absolute Gasteiger partial charge is 0.115 e. The molecule has 0 radical (unpaired) electrons. The van der Waals surface area contributed by atoms with Crippen molar-refractivity contribution in [3.8, 4) is 5.75 Å². The van der Waals surface area contributed by atoms with Crippen LogP contribution in [-0.2, 0) is 11.8 Å². The highest BCUT2D eigenvalue weighted by Gasteiger charge is 2.47. The van der Waals surface area contributed by atoms with Gasteiger partial charge in [-0.3, -0.25) is 0 Å². The summed E-state index contributed by atoms with van der Waals surface area (Å²) in [5.74, 6) is 1.05. The molecule has 2 fully saturated rings. The van der Waals surface area contributed by atoms with E-state index in [1.165, 1.54) is 62.7 Å². The number of rotatable bonds is 5. The fourth-order valence-corrected chi connectivity index (χ4v) is 5.48. The molecule has 146 valence electrons. The quantitative estimate of drug-likeness (QED) is 0.726. The summed E-state index contributed by atoms with van der Waals surface area (Å²) in [5, 5.41) is 9.99. The van der Waals surface area contributed by atoms with Crippen molar-refractivity contribution >= 4 is 12.4 Å². The number of phenolic OH excluding ortho intramolecular Hbond substituents is 1. The van der Waals surface area contributed by atoms with Crippen LogP contribution in [-0.4, -0.2) is 29.1 Å². The molecule has 27 heavy (non-hydrogen) atoms. The van der Waals surface area contributed by atoms with Gasteiger partial charge in [-0.15, -0.1) is 12.4 Å². The van der Waals surface area contributed by atoms with E-state index in [-0.39, 0.29) is 17.8 Å². The fraction of sp³-hybridized carbons (Fsp3) is 0.500. The summed E-state index contributed by atoms with van der Waals surface area (Å²) in [6, 6.07) is 19.6. The van der Waals surface area contributed by atoms with Crippen LogP contribution in [0.2, 0.25) is 0 Å². The van der Waals surface area contributed by atoms with Gasteiger partial charge in [0.25, 0.3) is 0 Å². The normalized spacial score (nSPS) is 27.7. The number of halogens is 1. The van der Waals surface area contributed by atoms with Crippen molar-refractivity contribution in [2.75, 3.05) is 13.1 Å². The SMILES string of the molecule is C[C@@H]1CN(CCCc2ccccc2)[C@H]2CCC[C@]1(c1cccc(O)c1)C2.Cl. The number of aryl methyl sites for hydroxylation is 1. The van der Waals surface area contributed by atoms with E-state index >= 15 is 0 Å². The van der Waals surface area contributed by atoms with E-state index in [4.69, 9.17) is 0 Å². The molecule has 3 atom stereocenters. The highest BCUT2D eigenvalue weighted by molar-refractivity contribution is 5.85. The number of hydrogen-bond acceptors (Lipinski definition) is 2. The average Bonchev–Trinajstić information content (AvgIpc) is 2.67. The Hall–Kier alpha value is -1.51. The highest BCUT2D eigenvalue weighted by Crippen LogP contribution is 2.50. The maximum Gasteiger partial charge on any atom is 0.115 e. The molecule has 2 bridgehead atoms. The molecule has 4 rings (SSSR count). The van der Waals surface area contributed by atoms with Gasteiger partial charge in [-0.25, -0.2) is 0 Å². The molecule has 0 amide bonds. The zero-order valence-corrected chi connectivity index (χ0v) is 17.1. The third kappa shape index (κ3) is 4.17. The summed E-state index contributed by atoms with van der Waals surface area (Å²) in [6.45, 7) is 4.82. The van der Waals surface area contributed by atoms with Crippen LogP contribution >= 0.6 is 12.4 Å². The topological polar surface area (TPSA) is 23.5 Å². The third-order valence-corrected chi connectivity index (χ3v) is 6.90. The number of benzene rings is 2. The molecule has 0 spiro atoms. The zero-order chi connectivity index (χ0) is 18.0. The molecule has 2 aromatic carbocycles. The first kappa shape index (κ1) is 20.2. The standard InChI is InChI=1S/C24H31NO.ClH/c1-19-18-25(15-7-10-20-8-3-2-4-9-20)22-12-6-14-24(19,17-22)21-11-5-13-23(26)16-21;/h2-5,8-9,11,13,16,19,22,26H,6-7,10,12,14-15,17-18H2,1H3;1H/t19-,22+,24+;/m1./s1. The lowest BCUT2D eigenvalue weighted by Crippen LogP contribution is -2.56. The number of fused-ring (bicyclic) bond motifs is 2. The molecule has 1 saturated carbocycles. The Morgan fingerprint density at radius 2 is 1.93 bits per heavy atom. The molecule has 1 aliphatic carbocycles. The van der Waals surface area contributed by atoms with Crippen LogP contribution < -0.4 is 0 Å². The number of hydrogen-bond donors (Lipinski definition) is 1. The fourth-order valence-electron chi connectivity index (χ4n) is 5.48. The van der Waals surface area contributed by atoms with Gasteiger partial charge in [0, 0.05) is 18.0 Å². The van der Waals surface area contributed by atoms with Crippen LogP contribution in [0, 0.1) is 5.92 Å². The number of likely N-dealkylation sites (tertiary alicyclic amines) is 1. The molecular formula is C24H32ClNO. The summed E-state index contributed by atoms with van der Waals surface area (Å²) >= 11 is 0. The second kappa shape index (κ2) is 8.67. The van der Waals surface area contributed by atoms with Crippen LogP contribution in [0.25, 0.3) is 0 Å². The summed E-state index contributed by atoms with van der Waals surface area (Å²) in [4.78, 5) is 2.76. The Kier molecular flexibility index (Phi) is 6.49. The van der Waals surface area contributed by atoms with Gasteiger partial charge in [-0.05, 0) is 67.8 Å². The molecule has 0 aromatic heterocycles. The van der Waals surface area contributed by atoms with E-state index in [1.54, 1.807) is 6.07 Å². The highest BCUT2D eigenvalue weighted by atomic mass is 35.5. The number of nitrogens with zero attached hydrogens (tertiary/aromatic N) is 1. The first-order valence-electron chi connectivity index (χ1n) is 10.2. The van der Waals surface area contributed by atoms with Crippen molar-refractivity contribution in [1.29, 1.82) is 0 Å². The van der Waals surface area contributed by atoms with E-state index in [1.807, 2.05) is 12.1 Å². The molecule has 2 nitrogen and oxygen atoms in total. The average molecular weight is 386 g/mol. The van der Waals surface area contributed by atoms with Gasteiger partial charge in [-0.1, -0.05) is 55.8 Å². The van der Waals surface area contributed by atoms with E-state index in [2.05, 4.69) is 48.2 Å². The van der Waals surface area contributed by atoms with Gasteiger partial charge in [0.15, 0.2) is 0 Å². The molecule has 0 unspecified atom stereocenters. The molecular weight excluding hydrogens is 354 g/mol. The summed E-state index contributed by atoms with van der Waals surface area (Å²) in [7, 11) is 0. The van der Waals surface area contributed by atoms with Crippen LogP contribution in [0.15, 0.2) is 54.6 Å². The van der Waals surface area contributed by atoms with Crippen LogP contribution in [0.1, 0.15) is 50.2 Å². The Labute approximate surface area is 170 Å². The maximum absolute atomic E-state index is 9.99. The minimum atomic E-state index is 0. The first-order valence-corrected chi connectivity index (χ1v) is 10.2. The van der Waals surface area contributed by atoms with Crippen molar-refractivity contribution < 1.29 is 5.11 Å². The second-order valence-corrected chi connectivity index (χ2v) is 8.44. The third-order valence-electron chi connectivity index (χ3n) is 6.90. The lowest BCUT2D eigenvalue weighted by atomic mass is 9.58. The minimum absolute atomic E-state index is 0. The lowest BCUT2D eigenvalue weighted by molar-refractivity contribution is 0.00933. The summed E-state index contributed by atoms with van der Waals surface area (Å²) in [5.41, 5.74) is 3.08. The van der Waals surface area contributed by atoms with Crippen molar-refractivity contribution in [1.82, 2.24) is 4.90 Å². The molecule has 1 saturated heterocycles. The molecule has 1 heterocycles. The molecule has 3 heteroatoms. The molecule has 2 aromatic rings. The van der Waals surface area contributed by atoms with E-state index in [0.29, 0.717) is 17.7 Å². The maximum atomic E-state index is 9.99. The van der Waals surface area contributed by atoms with Gasteiger partial charge in [0.05, 0.1) is 0 Å². The van der Waals surface area contributed by atoms with E-state index in [0.717, 1.165) is 0 Å². The zero-order valence-electron chi connectivity index (χ0n) is 16.3. The van der Waals surface area contributed by atoms with Gasteiger partial charge < -0.3 is 10.0 Å². The molecule has 2 aliphatic rings. The predicted molar refractivity (Wildman–Crippen MR) is 115 cm³/mol. The van der Waals surface area contributed by atoms with Crippen molar-refractivity contribution in [3.63, 3.8) is 0 Å². The Morgan fingerprint density at radius 1 is 1.11 bits per heavy atom. The van der Waals surface area contributed by atoms with Crippen molar-refractivity contribution in [2.45, 2.75) is 56.9 Å². The van der Waals surface area contributed by atoms with Gasteiger partial charge >= 0.3 is 0 Å². The van der Waals surface area contributed by atoms with Gasteiger partial charge in [0.1, 0.15) is 5.75 Å². The van der Waals surface area contributed by atoms with Crippen LogP contribution in [0.4, 0.5) is 0 Å². The first-order chi connectivity index (χ1) is 12.7. The van der Waals surface area contributed by atoms with Crippen molar-refractivity contribution in [2.24, 2.45) is 5.92 Å². The number of piperidine rings is 1. The minimum Gasteiger partial charge on any atom is -0.508 e. The largest absolute Gasteiger partial charge is 0.508 e. The Bertz CT molecular complexity index is 734. The number of aromatic hydroxyl groups is 1. The van der Waals surface area contributed by atoms with Crippen molar-refractivity contribution in [3.05, 3.63) is 65.7 Å². The predicted octanol–water partition coefficient (Wildman–Crippen LogP) is 5.58. The van der Waals surface area contributed by atoms with Gasteiger partial charge in [0.2, 0.25) is 0 Å². The molecule has 1 aliphatic heterocycles.